The van der Waals surface area contributed by atoms with Gasteiger partial charge in [-0.25, -0.2) is 14.4 Å². The van der Waals surface area contributed by atoms with Gasteiger partial charge in [-0.3, -0.25) is 34.2 Å². The van der Waals surface area contributed by atoms with Crippen LogP contribution >= 0.6 is 11.6 Å². The minimum absolute atomic E-state index is 0.0314. The van der Waals surface area contributed by atoms with Crippen LogP contribution in [0, 0.1) is 5.82 Å². The monoisotopic (exact) mass is 797 g/mol. The second-order valence-corrected chi connectivity index (χ2v) is 14.3. The predicted octanol–water partition coefficient (Wildman–Crippen LogP) is 4.58. The molecule has 5 amide bonds. The molecular weight excluding hydrogens is 757 g/mol. The zero-order chi connectivity index (χ0) is 40.1. The van der Waals surface area contributed by atoms with Crippen molar-refractivity contribution in [3.05, 3.63) is 89.5 Å². The fourth-order valence-corrected chi connectivity index (χ4v) is 7.37. The number of ether oxygens (including phenoxy) is 1. The van der Waals surface area contributed by atoms with Gasteiger partial charge in [0.1, 0.15) is 29.8 Å². The number of fused-ring (bicyclic) bond motifs is 2. The van der Waals surface area contributed by atoms with Gasteiger partial charge in [0.15, 0.2) is 0 Å². The molecule has 7 rings (SSSR count). The highest BCUT2D eigenvalue weighted by atomic mass is 35.5. The molecule has 4 N–H and O–H groups in total. The first-order valence-electron chi connectivity index (χ1n) is 18.7. The van der Waals surface area contributed by atoms with Gasteiger partial charge in [0.2, 0.25) is 17.7 Å². The van der Waals surface area contributed by atoms with E-state index in [1.807, 2.05) is 0 Å². The maximum atomic E-state index is 13.7. The number of halogens is 2. The van der Waals surface area contributed by atoms with Crippen molar-refractivity contribution in [2.45, 2.75) is 31.7 Å². The molecule has 2 fully saturated rings. The number of nitrogens with one attached hydrogen (secondary N) is 4. The van der Waals surface area contributed by atoms with E-state index >= 15 is 0 Å². The van der Waals surface area contributed by atoms with Crippen LogP contribution in [0.15, 0.2) is 67.5 Å². The number of hydrogen-bond donors (Lipinski definition) is 4. The second-order valence-electron chi connectivity index (χ2n) is 13.9. The van der Waals surface area contributed by atoms with Crippen molar-refractivity contribution in [1.29, 1.82) is 0 Å². The van der Waals surface area contributed by atoms with Crippen molar-refractivity contribution in [2.75, 3.05) is 68.4 Å². The number of benzene rings is 3. The summed E-state index contributed by atoms with van der Waals surface area (Å²) in [7, 11) is 0. The lowest BCUT2D eigenvalue weighted by atomic mass is 10.0. The third-order valence-electron chi connectivity index (χ3n) is 10.1. The molecule has 4 aromatic rings. The fraction of sp³-hybridized carbons (Fsp3) is 0.325. The third kappa shape index (κ3) is 8.88. The van der Waals surface area contributed by atoms with Gasteiger partial charge in [-0.05, 0) is 68.3 Å². The first-order chi connectivity index (χ1) is 27.6. The first-order valence-corrected chi connectivity index (χ1v) is 19.1. The summed E-state index contributed by atoms with van der Waals surface area (Å²) >= 11 is 5.96. The van der Waals surface area contributed by atoms with E-state index < -0.39 is 41.4 Å². The number of anilines is 4. The quantitative estimate of drug-likeness (QED) is 0.0749. The van der Waals surface area contributed by atoms with Gasteiger partial charge in [-0.15, -0.1) is 0 Å². The zero-order valence-electron chi connectivity index (χ0n) is 31.0. The van der Waals surface area contributed by atoms with Gasteiger partial charge >= 0.3 is 0 Å². The molecule has 0 saturated carbocycles. The minimum atomic E-state index is -1.01. The number of aromatic nitrogens is 2. The highest BCUT2D eigenvalue weighted by Crippen LogP contribution is 2.35. The summed E-state index contributed by atoms with van der Waals surface area (Å²) in [6, 6.07) is 11.8. The van der Waals surface area contributed by atoms with Gasteiger partial charge < -0.3 is 30.5 Å². The molecule has 17 heteroatoms. The van der Waals surface area contributed by atoms with Gasteiger partial charge in [-0.2, -0.15) is 0 Å². The lowest BCUT2D eigenvalue weighted by Gasteiger charge is -2.34. The maximum Gasteiger partial charge on any atom is 0.264 e. The van der Waals surface area contributed by atoms with Crippen LogP contribution in [-0.4, -0.2) is 113 Å². The van der Waals surface area contributed by atoms with Crippen LogP contribution in [0.3, 0.4) is 0 Å². The average Bonchev–Trinajstić information content (AvgIpc) is 3.46. The lowest BCUT2D eigenvalue weighted by molar-refractivity contribution is -0.136. The van der Waals surface area contributed by atoms with Gasteiger partial charge in [0, 0.05) is 68.5 Å². The minimum Gasteiger partial charge on any atom is -0.491 e. The van der Waals surface area contributed by atoms with Crippen LogP contribution in [0.2, 0.25) is 5.02 Å². The number of piperazine rings is 1. The number of carbonyl (C=O) groups excluding carboxylic acids is 5. The van der Waals surface area contributed by atoms with E-state index in [2.05, 4.69) is 47.6 Å². The van der Waals surface area contributed by atoms with E-state index in [9.17, 15) is 28.4 Å². The Hall–Kier alpha value is -5.97. The Balaban J connectivity index is 0.866. The summed E-state index contributed by atoms with van der Waals surface area (Å²) in [5, 5.41) is 12.1. The van der Waals surface area contributed by atoms with Gasteiger partial charge in [0.25, 0.3) is 11.8 Å². The zero-order valence-corrected chi connectivity index (χ0v) is 31.7. The Labute approximate surface area is 332 Å². The molecule has 296 valence electrons. The van der Waals surface area contributed by atoms with Crippen LogP contribution in [0.5, 0.6) is 5.75 Å². The highest BCUT2D eigenvalue weighted by Gasteiger charge is 2.45. The number of imide groups is 2. The lowest BCUT2D eigenvalue weighted by Crippen LogP contribution is -2.54. The van der Waals surface area contributed by atoms with Gasteiger partial charge in [0.05, 0.1) is 34.0 Å². The molecule has 3 aromatic carbocycles. The second kappa shape index (κ2) is 17.4. The number of carbonyl (C=O) groups is 5. The van der Waals surface area contributed by atoms with Gasteiger partial charge in [-0.1, -0.05) is 24.2 Å². The summed E-state index contributed by atoms with van der Waals surface area (Å²) in [5.74, 6) is -2.15. The van der Waals surface area contributed by atoms with Crippen LogP contribution in [-0.2, 0) is 14.4 Å². The Kier molecular flexibility index (Phi) is 12.0. The van der Waals surface area contributed by atoms with Crippen molar-refractivity contribution in [2.24, 2.45) is 0 Å². The molecule has 3 aliphatic heterocycles. The Morgan fingerprint density at radius 2 is 1.75 bits per heavy atom. The topological polar surface area (TPSA) is 178 Å². The molecule has 15 nitrogen and oxygen atoms in total. The molecule has 2 saturated heterocycles. The molecular formula is C40H41ClFN9O6. The average molecular weight is 798 g/mol. The van der Waals surface area contributed by atoms with E-state index in [-0.39, 0.29) is 29.0 Å². The Bertz CT molecular complexity index is 2250. The summed E-state index contributed by atoms with van der Waals surface area (Å²) in [4.78, 5) is 77.4. The molecule has 57 heavy (non-hydrogen) atoms. The summed E-state index contributed by atoms with van der Waals surface area (Å²) in [6.45, 7) is 9.83. The number of nitrogens with zero attached hydrogens (tertiary/aromatic N) is 5. The first kappa shape index (κ1) is 39.3. The van der Waals surface area contributed by atoms with E-state index in [0.29, 0.717) is 52.7 Å². The number of amides is 5. The SMILES string of the molecule is C=CC(=O)Nc1cc2c(Nc3ccc(F)c(Cl)c3)ncnc2cc1OCCCN1CCN(CCCNc2cccc3c2C(=O)N(C2CCC(=O)NC2=O)C3=O)CC1. The summed E-state index contributed by atoms with van der Waals surface area (Å²) < 4.78 is 19.9. The summed E-state index contributed by atoms with van der Waals surface area (Å²) in [6.07, 6.45) is 4.32. The molecule has 3 aliphatic rings. The van der Waals surface area contributed by atoms with Crippen molar-refractivity contribution in [3.63, 3.8) is 0 Å². The van der Waals surface area contributed by atoms with E-state index in [1.54, 1.807) is 36.4 Å². The van der Waals surface area contributed by atoms with Crippen molar-refractivity contribution < 1.29 is 33.1 Å². The number of hydrogen-bond acceptors (Lipinski definition) is 12. The van der Waals surface area contributed by atoms with Crippen molar-refractivity contribution >= 4 is 74.9 Å². The third-order valence-corrected chi connectivity index (χ3v) is 10.4. The molecule has 0 bridgehead atoms. The molecule has 0 aliphatic carbocycles. The van der Waals surface area contributed by atoms with Crippen molar-refractivity contribution in [1.82, 2.24) is 30.0 Å². The van der Waals surface area contributed by atoms with Crippen LogP contribution < -0.4 is 26.0 Å². The standard InChI is InChI=1S/C40H41ClFN9O6/c1-2-34(52)47-31-21-26-30(44-23-45-37(26)46-24-8-9-28(42)27(41)20-24)22-33(31)57-19-5-14-50-17-15-49(16-18-50)13-4-12-43-29-7-3-6-25-36(29)40(56)51(39(25)55)32-10-11-35(53)48-38(32)54/h2-3,6-9,20-23,32,43H,1,4-5,10-19H2,(H,47,52)(H,44,45,46)(H,48,53,54). The largest absolute Gasteiger partial charge is 0.491 e. The van der Waals surface area contributed by atoms with E-state index in [4.69, 9.17) is 16.3 Å². The van der Waals surface area contributed by atoms with Crippen LogP contribution in [0.1, 0.15) is 46.4 Å². The number of piperidine rings is 1. The van der Waals surface area contributed by atoms with E-state index in [1.165, 1.54) is 24.5 Å². The molecule has 1 unspecified atom stereocenters. The smallest absolute Gasteiger partial charge is 0.264 e. The fourth-order valence-electron chi connectivity index (χ4n) is 7.19. The van der Waals surface area contributed by atoms with Crippen LogP contribution in [0.4, 0.5) is 27.3 Å². The molecule has 0 spiro atoms. The number of rotatable bonds is 15. The highest BCUT2D eigenvalue weighted by molar-refractivity contribution is 6.31. The Morgan fingerprint density at radius 3 is 2.49 bits per heavy atom. The van der Waals surface area contributed by atoms with E-state index in [0.717, 1.165) is 57.0 Å². The molecule has 4 heterocycles. The maximum absolute atomic E-state index is 13.7. The summed E-state index contributed by atoms with van der Waals surface area (Å²) in [5.41, 5.74) is 2.59. The molecule has 1 aromatic heterocycles. The normalized spacial score (nSPS) is 17.4. The predicted molar refractivity (Wildman–Crippen MR) is 212 cm³/mol. The molecule has 1 atom stereocenters. The van der Waals surface area contributed by atoms with Crippen LogP contribution in [0.25, 0.3) is 10.9 Å². The Morgan fingerprint density at radius 1 is 0.982 bits per heavy atom. The molecule has 0 radical (unpaired) electrons. The van der Waals surface area contributed by atoms with Crippen molar-refractivity contribution in [3.8, 4) is 5.75 Å².